The minimum Gasteiger partial charge on any atom is -0.330 e. The molecule has 1 aromatic heterocycles. The van der Waals surface area contributed by atoms with Crippen LogP contribution < -0.4 is 0 Å². The number of fused-ring (bicyclic) bond motifs is 1. The zero-order chi connectivity index (χ0) is 13.6. The average molecular weight is 358 g/mol. The maximum absolute atomic E-state index is 13.3. The molecule has 6 heteroatoms. The molecular weight excluding hydrogens is 351 g/mol. The van der Waals surface area contributed by atoms with Gasteiger partial charge in [0.2, 0.25) is 0 Å². The second kappa shape index (κ2) is 4.74. The minimum absolute atomic E-state index is 0.307. The second-order valence-corrected chi connectivity index (χ2v) is 5.70. The number of hydrogen-bond acceptors (Lipinski definition) is 1. The predicted molar refractivity (Wildman–Crippen MR) is 81.1 cm³/mol. The number of nitrogens with one attached hydrogen (secondary N) is 1. The van der Waals surface area contributed by atoms with E-state index in [1.165, 1.54) is 6.07 Å². The van der Waals surface area contributed by atoms with Crippen molar-refractivity contribution >= 4 is 50.8 Å². The normalized spacial score (nSPS) is 11.1. The summed E-state index contributed by atoms with van der Waals surface area (Å²) in [4.78, 5) is 3.08. The molecule has 1 N–H and O–H groups in total. The highest BCUT2D eigenvalue weighted by Crippen LogP contribution is 2.25. The van der Waals surface area contributed by atoms with E-state index in [1.807, 2.05) is 16.7 Å². The van der Waals surface area contributed by atoms with Crippen molar-refractivity contribution in [2.75, 3.05) is 0 Å². The Kier molecular flexibility index (Phi) is 3.20. The van der Waals surface area contributed by atoms with E-state index in [4.69, 9.17) is 23.8 Å². The number of H-pyrrole nitrogens is 1. The second-order valence-electron chi connectivity index (χ2n) is 4.03. The van der Waals surface area contributed by atoms with Crippen molar-refractivity contribution in [2.45, 2.75) is 0 Å². The Balaban J connectivity index is 2.32. The summed E-state index contributed by atoms with van der Waals surface area (Å²) in [6.45, 7) is 0. The third kappa shape index (κ3) is 2.22. The Morgan fingerprint density at radius 3 is 2.74 bits per heavy atom. The number of rotatable bonds is 1. The average Bonchev–Trinajstić information content (AvgIpc) is 2.68. The lowest BCUT2D eigenvalue weighted by Gasteiger charge is -2.05. The van der Waals surface area contributed by atoms with Crippen molar-refractivity contribution in [3.8, 4) is 5.69 Å². The lowest BCUT2D eigenvalue weighted by molar-refractivity contribution is 0.620. The van der Waals surface area contributed by atoms with Crippen LogP contribution in [0.15, 0.2) is 40.9 Å². The third-order valence-electron chi connectivity index (χ3n) is 2.81. The monoisotopic (exact) mass is 356 g/mol. The number of aromatic nitrogens is 2. The first kappa shape index (κ1) is 12.8. The molecule has 3 rings (SSSR count). The van der Waals surface area contributed by atoms with Gasteiger partial charge in [0.25, 0.3) is 0 Å². The highest BCUT2D eigenvalue weighted by molar-refractivity contribution is 9.10. The number of benzene rings is 2. The first-order valence-electron chi connectivity index (χ1n) is 5.42. The van der Waals surface area contributed by atoms with Gasteiger partial charge in [0.15, 0.2) is 4.77 Å². The highest BCUT2D eigenvalue weighted by atomic mass is 79.9. The summed E-state index contributed by atoms with van der Waals surface area (Å²) < 4.78 is 16.1. The molecule has 3 aromatic rings. The van der Waals surface area contributed by atoms with Gasteiger partial charge in [0, 0.05) is 10.7 Å². The van der Waals surface area contributed by atoms with Gasteiger partial charge in [-0.05, 0) is 64.5 Å². The Hall–Kier alpha value is -1.17. The summed E-state index contributed by atoms with van der Waals surface area (Å²) in [6.07, 6.45) is 0. The molecule has 0 saturated carbocycles. The largest absolute Gasteiger partial charge is 0.330 e. The van der Waals surface area contributed by atoms with E-state index < -0.39 is 0 Å². The molecule has 0 amide bonds. The summed E-state index contributed by atoms with van der Waals surface area (Å²) >= 11 is 14.4. The minimum atomic E-state index is -0.307. The van der Waals surface area contributed by atoms with Gasteiger partial charge in [-0.25, -0.2) is 4.39 Å². The molecule has 1 heterocycles. The molecule has 2 aromatic carbocycles. The van der Waals surface area contributed by atoms with Gasteiger partial charge in [-0.1, -0.05) is 11.6 Å². The maximum Gasteiger partial charge on any atom is 0.182 e. The fourth-order valence-corrected chi connectivity index (χ4v) is 2.82. The Bertz CT molecular complexity index is 840. The van der Waals surface area contributed by atoms with Crippen LogP contribution in [0.2, 0.25) is 5.02 Å². The summed E-state index contributed by atoms with van der Waals surface area (Å²) in [5.41, 5.74) is 2.53. The molecular formula is C13H7BrClFN2S. The molecule has 0 fully saturated rings. The molecule has 0 aliphatic rings. The van der Waals surface area contributed by atoms with Crippen LogP contribution in [0.1, 0.15) is 0 Å². The van der Waals surface area contributed by atoms with Crippen LogP contribution in [-0.4, -0.2) is 9.55 Å². The molecule has 96 valence electrons. The van der Waals surface area contributed by atoms with Crippen LogP contribution in [0.25, 0.3) is 16.7 Å². The van der Waals surface area contributed by atoms with E-state index in [2.05, 4.69) is 20.9 Å². The van der Waals surface area contributed by atoms with E-state index in [-0.39, 0.29) is 5.82 Å². The van der Waals surface area contributed by atoms with Gasteiger partial charge in [0.1, 0.15) is 5.82 Å². The summed E-state index contributed by atoms with van der Waals surface area (Å²) in [7, 11) is 0. The van der Waals surface area contributed by atoms with Crippen molar-refractivity contribution in [3.05, 3.63) is 56.5 Å². The van der Waals surface area contributed by atoms with E-state index in [0.29, 0.717) is 14.3 Å². The van der Waals surface area contributed by atoms with Gasteiger partial charge in [0.05, 0.1) is 15.5 Å². The van der Waals surface area contributed by atoms with Crippen LogP contribution in [0, 0.1) is 10.6 Å². The predicted octanol–water partition coefficient (Wildman–Crippen LogP) is 5.24. The lowest BCUT2D eigenvalue weighted by Crippen LogP contribution is -1.94. The van der Waals surface area contributed by atoms with E-state index in [1.54, 1.807) is 18.2 Å². The Morgan fingerprint density at radius 2 is 2.00 bits per heavy atom. The standard InChI is InChI=1S/C13H7BrClFN2S/c14-9-6-8(2-3-10(9)16)18-12-4-1-7(15)5-11(12)17-13(18)19/h1-6H,(H,17,19). The first-order chi connectivity index (χ1) is 9.06. The van der Waals surface area contributed by atoms with Crippen LogP contribution in [0.4, 0.5) is 4.39 Å². The first-order valence-corrected chi connectivity index (χ1v) is 7.00. The summed E-state index contributed by atoms with van der Waals surface area (Å²) in [5, 5.41) is 0.635. The fraction of sp³-hybridized carbons (Fsp3) is 0. The Morgan fingerprint density at radius 1 is 1.21 bits per heavy atom. The van der Waals surface area contributed by atoms with Gasteiger partial charge >= 0.3 is 0 Å². The van der Waals surface area contributed by atoms with Gasteiger partial charge in [-0.3, -0.25) is 4.57 Å². The SMILES string of the molecule is Fc1ccc(-n2c(=S)[nH]c3cc(Cl)ccc32)cc1Br. The molecule has 0 atom stereocenters. The van der Waals surface area contributed by atoms with Crippen LogP contribution in [0.3, 0.4) is 0 Å². The fourth-order valence-electron chi connectivity index (χ4n) is 1.96. The molecule has 19 heavy (non-hydrogen) atoms. The molecule has 0 unspecified atom stereocenters. The van der Waals surface area contributed by atoms with Crippen molar-refractivity contribution in [2.24, 2.45) is 0 Å². The zero-order valence-corrected chi connectivity index (χ0v) is 12.6. The highest BCUT2D eigenvalue weighted by Gasteiger charge is 2.08. The van der Waals surface area contributed by atoms with Crippen molar-refractivity contribution in [1.82, 2.24) is 9.55 Å². The van der Waals surface area contributed by atoms with Crippen molar-refractivity contribution < 1.29 is 4.39 Å². The maximum atomic E-state index is 13.3. The van der Waals surface area contributed by atoms with Crippen molar-refractivity contribution in [1.29, 1.82) is 0 Å². The molecule has 0 spiro atoms. The zero-order valence-electron chi connectivity index (χ0n) is 9.45. The van der Waals surface area contributed by atoms with Crippen LogP contribution >= 0.6 is 39.7 Å². The van der Waals surface area contributed by atoms with E-state index in [0.717, 1.165) is 16.7 Å². The molecule has 0 aliphatic heterocycles. The van der Waals surface area contributed by atoms with Gasteiger partial charge in [-0.15, -0.1) is 0 Å². The molecule has 0 bridgehead atoms. The van der Waals surface area contributed by atoms with E-state index >= 15 is 0 Å². The molecule has 0 saturated heterocycles. The van der Waals surface area contributed by atoms with Crippen molar-refractivity contribution in [3.63, 3.8) is 0 Å². The van der Waals surface area contributed by atoms with E-state index in [9.17, 15) is 4.39 Å². The third-order valence-corrected chi connectivity index (χ3v) is 3.93. The molecule has 2 nitrogen and oxygen atoms in total. The molecule has 0 aliphatic carbocycles. The topological polar surface area (TPSA) is 20.7 Å². The van der Waals surface area contributed by atoms with Gasteiger partial charge < -0.3 is 4.98 Å². The van der Waals surface area contributed by atoms with Crippen LogP contribution in [0.5, 0.6) is 0 Å². The smallest absolute Gasteiger partial charge is 0.182 e. The number of hydrogen-bond donors (Lipinski definition) is 1. The summed E-state index contributed by atoms with van der Waals surface area (Å²) in [6, 6.07) is 10.2. The van der Waals surface area contributed by atoms with Gasteiger partial charge in [-0.2, -0.15) is 0 Å². The number of imidazole rings is 1. The number of nitrogens with zero attached hydrogens (tertiary/aromatic N) is 1. The summed E-state index contributed by atoms with van der Waals surface area (Å²) in [5.74, 6) is -0.307. The Labute approximate surface area is 127 Å². The number of halogens is 3. The lowest BCUT2D eigenvalue weighted by atomic mass is 10.2. The molecule has 0 radical (unpaired) electrons. The number of aromatic amines is 1. The quantitative estimate of drug-likeness (QED) is 0.590. The van der Waals surface area contributed by atoms with Crippen LogP contribution in [-0.2, 0) is 0 Å².